The lowest BCUT2D eigenvalue weighted by Crippen LogP contribution is -1.95. The second-order valence-corrected chi connectivity index (χ2v) is 5.73. The van der Waals surface area contributed by atoms with Crippen molar-refractivity contribution in [1.82, 2.24) is 9.38 Å². The maximum atomic E-state index is 11.1. The van der Waals surface area contributed by atoms with Gasteiger partial charge in [0.05, 0.1) is 0 Å². The minimum absolute atomic E-state index is 0.0128. The summed E-state index contributed by atoms with van der Waals surface area (Å²) in [6.07, 6.45) is 1.60. The molecule has 1 aromatic carbocycles. The molecule has 0 radical (unpaired) electrons. The molecule has 0 N–H and O–H groups in total. The first kappa shape index (κ1) is 12.4. The summed E-state index contributed by atoms with van der Waals surface area (Å²) in [6.45, 7) is 0. The zero-order valence-corrected chi connectivity index (χ0v) is 12.3. The Morgan fingerprint density at radius 1 is 1.47 bits per heavy atom. The van der Waals surface area contributed by atoms with Gasteiger partial charge in [-0.05, 0) is 45.7 Å². The van der Waals surface area contributed by atoms with Gasteiger partial charge in [0, 0.05) is 8.95 Å². The molecule has 19 heavy (non-hydrogen) atoms. The van der Waals surface area contributed by atoms with E-state index in [1.165, 1.54) is 15.7 Å². The fraction of sp³-hybridized carbons (Fsp3) is 0. The number of fused-ring (bicyclic) bond motifs is 1. The number of aromatic nitrogens is 2. The summed E-state index contributed by atoms with van der Waals surface area (Å²) in [7, 11) is 0. The number of hydrogen-bond donors (Lipinski definition) is 0. The lowest BCUT2D eigenvalue weighted by atomic mass is 10.3. The van der Waals surface area contributed by atoms with E-state index in [9.17, 15) is 10.1 Å². The van der Waals surface area contributed by atoms with Gasteiger partial charge in [0.15, 0.2) is 0 Å². The average molecular weight is 387 g/mol. The molecule has 0 aliphatic carbocycles. The summed E-state index contributed by atoms with van der Waals surface area (Å²) in [4.78, 5) is 15.3. The van der Waals surface area contributed by atoms with E-state index in [0.717, 1.165) is 3.57 Å². The summed E-state index contributed by atoms with van der Waals surface area (Å²) < 4.78 is 7.92. The van der Waals surface area contributed by atoms with Crippen molar-refractivity contribution in [2.24, 2.45) is 0 Å². The topological polar surface area (TPSA) is 69.7 Å². The first-order valence-corrected chi connectivity index (χ1v) is 7.14. The van der Waals surface area contributed by atoms with Crippen molar-refractivity contribution in [3.63, 3.8) is 0 Å². The third-order valence-corrected chi connectivity index (χ3v) is 3.82. The number of nitro groups is 1. The molecule has 0 aliphatic heterocycles. The molecule has 0 spiro atoms. The summed E-state index contributed by atoms with van der Waals surface area (Å²) in [5, 5.41) is 12.9. The van der Waals surface area contributed by atoms with Crippen LogP contribution in [0.3, 0.4) is 0 Å². The van der Waals surface area contributed by atoms with E-state index < -0.39 is 4.92 Å². The minimum Gasteiger partial charge on any atom is -0.432 e. The zero-order valence-electron chi connectivity index (χ0n) is 9.32. The standard InChI is InChI=1S/C11H6IN3O3S/c12-7-2-1-3-8(6-7)18-9-10(15(16)17)14-4-5-19-11(14)13-9/h1-6H. The maximum Gasteiger partial charge on any atom is 0.393 e. The average Bonchev–Trinajstić information content (AvgIpc) is 2.88. The Balaban J connectivity index is 2.07. The van der Waals surface area contributed by atoms with Crippen LogP contribution in [0.4, 0.5) is 5.82 Å². The Labute approximate surface area is 124 Å². The normalized spacial score (nSPS) is 10.8. The number of nitrogens with zero attached hydrogens (tertiary/aromatic N) is 3. The summed E-state index contributed by atoms with van der Waals surface area (Å²) in [5.74, 6) is 0.384. The van der Waals surface area contributed by atoms with Crippen LogP contribution < -0.4 is 4.74 Å². The van der Waals surface area contributed by atoms with E-state index in [1.54, 1.807) is 23.7 Å². The zero-order chi connectivity index (χ0) is 13.4. The third kappa shape index (κ3) is 2.28. The van der Waals surface area contributed by atoms with Crippen LogP contribution in [-0.4, -0.2) is 14.3 Å². The van der Waals surface area contributed by atoms with Crippen molar-refractivity contribution < 1.29 is 9.66 Å². The van der Waals surface area contributed by atoms with Gasteiger partial charge in [-0.1, -0.05) is 17.4 Å². The monoisotopic (exact) mass is 387 g/mol. The molecule has 0 saturated heterocycles. The molecular weight excluding hydrogens is 381 g/mol. The van der Waals surface area contributed by atoms with Gasteiger partial charge in [0.2, 0.25) is 0 Å². The van der Waals surface area contributed by atoms with E-state index in [0.29, 0.717) is 10.7 Å². The highest BCUT2D eigenvalue weighted by molar-refractivity contribution is 14.1. The highest BCUT2D eigenvalue weighted by Gasteiger charge is 2.25. The van der Waals surface area contributed by atoms with Gasteiger partial charge in [-0.3, -0.25) is 0 Å². The van der Waals surface area contributed by atoms with Crippen LogP contribution in [0.15, 0.2) is 35.8 Å². The Morgan fingerprint density at radius 2 is 2.32 bits per heavy atom. The number of halogens is 1. The van der Waals surface area contributed by atoms with E-state index in [2.05, 4.69) is 27.6 Å². The fourth-order valence-corrected chi connectivity index (χ4v) is 2.85. The molecule has 0 bridgehead atoms. The summed E-state index contributed by atoms with van der Waals surface area (Å²) in [6, 6.07) is 7.26. The van der Waals surface area contributed by atoms with Crippen molar-refractivity contribution >= 4 is 44.7 Å². The van der Waals surface area contributed by atoms with Gasteiger partial charge in [0.25, 0.3) is 4.96 Å². The number of rotatable bonds is 3. The van der Waals surface area contributed by atoms with Gasteiger partial charge in [-0.2, -0.15) is 9.38 Å². The first-order chi connectivity index (χ1) is 9.15. The van der Waals surface area contributed by atoms with Crippen LogP contribution in [0.1, 0.15) is 0 Å². The number of imidazole rings is 1. The maximum absolute atomic E-state index is 11.1. The number of benzene rings is 1. The van der Waals surface area contributed by atoms with Crippen molar-refractivity contribution in [3.8, 4) is 11.6 Å². The summed E-state index contributed by atoms with van der Waals surface area (Å²) in [5.41, 5.74) is 0. The highest BCUT2D eigenvalue weighted by atomic mass is 127. The van der Waals surface area contributed by atoms with Gasteiger partial charge in [-0.25, -0.2) is 0 Å². The molecule has 0 atom stereocenters. The molecule has 0 unspecified atom stereocenters. The van der Waals surface area contributed by atoms with E-state index in [1.807, 2.05) is 12.1 Å². The van der Waals surface area contributed by atoms with Gasteiger partial charge in [0.1, 0.15) is 11.9 Å². The molecule has 0 aliphatic rings. The van der Waals surface area contributed by atoms with Crippen LogP contribution in [0, 0.1) is 13.7 Å². The van der Waals surface area contributed by atoms with Crippen LogP contribution in [0.25, 0.3) is 4.96 Å². The second-order valence-electron chi connectivity index (χ2n) is 3.61. The Kier molecular flexibility index (Phi) is 3.11. The van der Waals surface area contributed by atoms with Crippen LogP contribution in [0.5, 0.6) is 11.6 Å². The molecule has 2 aromatic heterocycles. The number of thiazole rings is 1. The number of ether oxygens (including phenoxy) is 1. The molecule has 6 nitrogen and oxygen atoms in total. The van der Waals surface area contributed by atoms with Crippen molar-refractivity contribution in [3.05, 3.63) is 49.5 Å². The fourth-order valence-electron chi connectivity index (χ4n) is 1.63. The Morgan fingerprint density at radius 3 is 3.05 bits per heavy atom. The highest BCUT2D eigenvalue weighted by Crippen LogP contribution is 2.33. The molecule has 3 rings (SSSR count). The Bertz CT molecular complexity index is 767. The molecule has 0 saturated carbocycles. The van der Waals surface area contributed by atoms with Gasteiger partial charge < -0.3 is 14.9 Å². The Hall–Kier alpha value is -1.68. The van der Waals surface area contributed by atoms with E-state index in [4.69, 9.17) is 4.74 Å². The van der Waals surface area contributed by atoms with Crippen LogP contribution >= 0.6 is 33.9 Å². The minimum atomic E-state index is -0.490. The quantitative estimate of drug-likeness (QED) is 0.391. The predicted octanol–water partition coefficient (Wildman–Crippen LogP) is 3.70. The SMILES string of the molecule is O=[N+]([O-])c1c(Oc2cccc(I)c2)nc2sccn12. The molecule has 2 heterocycles. The number of hydrogen-bond acceptors (Lipinski definition) is 5. The first-order valence-electron chi connectivity index (χ1n) is 5.18. The smallest absolute Gasteiger partial charge is 0.393 e. The largest absolute Gasteiger partial charge is 0.432 e. The molecule has 0 fully saturated rings. The van der Waals surface area contributed by atoms with Crippen LogP contribution in [-0.2, 0) is 0 Å². The lowest BCUT2D eigenvalue weighted by molar-refractivity contribution is -0.391. The summed E-state index contributed by atoms with van der Waals surface area (Å²) >= 11 is 3.47. The molecule has 96 valence electrons. The van der Waals surface area contributed by atoms with Crippen molar-refractivity contribution in [1.29, 1.82) is 0 Å². The molecule has 0 amide bonds. The predicted molar refractivity (Wildman–Crippen MR) is 79.0 cm³/mol. The van der Waals surface area contributed by atoms with Gasteiger partial charge in [-0.15, -0.1) is 0 Å². The van der Waals surface area contributed by atoms with Crippen LogP contribution in [0.2, 0.25) is 0 Å². The molecule has 8 heteroatoms. The molecule has 3 aromatic rings. The van der Waals surface area contributed by atoms with Gasteiger partial charge >= 0.3 is 11.7 Å². The van der Waals surface area contributed by atoms with Crippen molar-refractivity contribution in [2.45, 2.75) is 0 Å². The van der Waals surface area contributed by atoms with E-state index in [-0.39, 0.29) is 11.7 Å². The second kappa shape index (κ2) is 4.78. The van der Waals surface area contributed by atoms with Crippen molar-refractivity contribution in [2.75, 3.05) is 0 Å². The third-order valence-electron chi connectivity index (χ3n) is 2.39. The van der Waals surface area contributed by atoms with E-state index >= 15 is 0 Å². The molecular formula is C11H6IN3O3S. The lowest BCUT2D eigenvalue weighted by Gasteiger charge is -2.02.